The Morgan fingerprint density at radius 2 is 1.15 bits per heavy atom. The quantitative estimate of drug-likeness (QED) is 0.114. The van der Waals surface area contributed by atoms with Gasteiger partial charge >= 0.3 is 47.4 Å². The second-order valence-corrected chi connectivity index (χ2v) is 14.4. The van der Waals surface area contributed by atoms with E-state index in [1.165, 1.54) is 0 Å². The van der Waals surface area contributed by atoms with E-state index in [1.54, 1.807) is 0 Å². The molecule has 270 valence electrons. The van der Waals surface area contributed by atoms with E-state index in [2.05, 4.69) is 5.32 Å². The van der Waals surface area contributed by atoms with Gasteiger partial charge in [-0.15, -0.1) is 23.5 Å². The Morgan fingerprint density at radius 3 is 1.45 bits per heavy atom. The molecule has 0 aliphatic carbocycles. The number of amides is 1. The van der Waals surface area contributed by atoms with Crippen molar-refractivity contribution in [2.75, 3.05) is 18.1 Å². The zero-order valence-electron chi connectivity index (χ0n) is 23.9. The van der Waals surface area contributed by atoms with E-state index >= 15 is 0 Å². The first-order valence-electron chi connectivity index (χ1n) is 12.3. The number of fused-ring (bicyclic) bond motifs is 2. The first-order chi connectivity index (χ1) is 21.0. The number of Topliss-reactive ketones (excluding diaryl/α,β-unsaturated/α-hetero) is 1. The molecule has 22 heteroatoms. The average molecular weight is 947 g/mol. The molecular formula is C25H28Cl2F8N4O5PtS2. The Bertz CT molecular complexity index is 1290. The Balaban J connectivity index is 0. The molecule has 2 aromatic carbocycles. The van der Waals surface area contributed by atoms with E-state index < -0.39 is 138 Å². The van der Waals surface area contributed by atoms with Gasteiger partial charge in [-0.1, -0.05) is 13.3 Å². The number of nitrogens with one attached hydrogen (secondary N) is 1. The van der Waals surface area contributed by atoms with Crippen molar-refractivity contribution in [2.24, 2.45) is 5.73 Å². The Kier molecular flexibility index (Phi) is 22.1. The van der Waals surface area contributed by atoms with Gasteiger partial charge in [0.05, 0.1) is 27.3 Å². The van der Waals surface area contributed by atoms with Crippen molar-refractivity contribution in [3.05, 3.63) is 58.8 Å². The molecule has 3 aliphatic rings. The maximum Gasteiger partial charge on any atom is -0.693 e. The number of nitrogens with two attached hydrogens (primary N) is 3. The molecule has 9 N–H and O–H groups in total. The predicted molar refractivity (Wildman–Crippen MR) is 160 cm³/mol. The Morgan fingerprint density at radius 1 is 0.787 bits per heavy atom. The summed E-state index contributed by atoms with van der Waals surface area (Å²) < 4.78 is 117. The summed E-state index contributed by atoms with van der Waals surface area (Å²) in [5.74, 6) is -20.9. The number of unbranched alkanes of at least 4 members (excludes halogenated alkanes) is 1. The van der Waals surface area contributed by atoms with E-state index in [0.29, 0.717) is 6.54 Å². The molecule has 0 spiro atoms. The van der Waals surface area contributed by atoms with Gasteiger partial charge in [0.15, 0.2) is 46.5 Å². The summed E-state index contributed by atoms with van der Waals surface area (Å²) in [4.78, 5) is 30.1. The van der Waals surface area contributed by atoms with E-state index in [4.69, 9.17) is 34.8 Å². The van der Waals surface area contributed by atoms with Crippen molar-refractivity contribution in [3.8, 4) is 11.1 Å². The minimum Gasteiger partial charge on any atom is -0.693 e. The molecule has 0 aromatic heterocycles. The number of rotatable bonds is 8. The van der Waals surface area contributed by atoms with E-state index in [1.807, 2.05) is 6.92 Å². The van der Waals surface area contributed by atoms with Crippen LogP contribution in [0.25, 0.3) is 23.4 Å². The van der Waals surface area contributed by atoms with Gasteiger partial charge in [-0.2, -0.15) is 0 Å². The second kappa shape index (κ2) is 22.0. The Labute approximate surface area is 288 Å². The first kappa shape index (κ1) is 47.3. The van der Waals surface area contributed by atoms with Crippen LogP contribution in [-0.4, -0.2) is 51.6 Å². The molecular weight excluding hydrogens is 918 g/mol. The van der Waals surface area contributed by atoms with Gasteiger partial charge in [0.2, 0.25) is 0 Å². The molecule has 1 amide bonds. The fraction of sp³-hybridized carbons (Fsp3) is 0.400. The zero-order chi connectivity index (χ0) is 34.6. The standard InChI is InChI=1S/C20H13F8NO3S2.C5H11NO2.2ClH.2H2N.Pt/c21-10-8-9-12(23)16(27)19(17(28)13(9)24)34-5-20(29,3-6(30)1-2-7(31)32)4-33-18(14(10)25)15(26)11(8)22;1-2-3-4-6-5(7)8;;;;;/h1-5,29H2,(H,31,32);6H,2-4H2,1H3,(H,7,8);2*1H;2*1H2;/q;;;;2*-1;+4/p-2. The molecule has 0 unspecified atom stereocenters. The third-order valence-electron chi connectivity index (χ3n) is 5.68. The van der Waals surface area contributed by atoms with Crippen LogP contribution in [0.3, 0.4) is 0 Å². The fourth-order valence-electron chi connectivity index (χ4n) is 3.59. The van der Waals surface area contributed by atoms with Crippen molar-refractivity contribution in [3.63, 3.8) is 0 Å². The summed E-state index contributed by atoms with van der Waals surface area (Å²) in [6.07, 6.45) is -0.758. The zero-order valence-corrected chi connectivity index (χ0v) is 29.3. The second-order valence-electron chi connectivity index (χ2n) is 9.10. The molecule has 4 bridgehead atoms. The average Bonchev–Trinajstić information content (AvgIpc) is 2.97. The van der Waals surface area contributed by atoms with Crippen LogP contribution < -0.4 is 11.1 Å². The largest absolute Gasteiger partial charge is 0.693 e. The fourth-order valence-corrected chi connectivity index (χ4v) is 5.86. The number of thioether (sulfide) groups is 2. The summed E-state index contributed by atoms with van der Waals surface area (Å²) in [5.41, 5.74) is 0.261. The van der Waals surface area contributed by atoms with Crippen LogP contribution in [-0.2, 0) is 26.1 Å². The molecule has 0 radical (unpaired) electrons. The SMILES string of the molecule is CCCCNC(=O)O.NC1(CC(=O)CCC(=O)O)CSc2c(F)c(F)c(c(F)c2F)-c2c(F)c(F)c(c(F)c2F)SC1.[Cl][Pt+2][Cl].[NH2-].[NH2-]. The molecule has 0 saturated heterocycles. The number of halogens is 10. The molecule has 5 rings (SSSR count). The normalized spacial score (nSPS) is 12.9. The summed E-state index contributed by atoms with van der Waals surface area (Å²) in [7, 11) is 9.75. The molecule has 0 saturated carbocycles. The van der Waals surface area contributed by atoms with Crippen molar-refractivity contribution < 1.29 is 76.2 Å². The van der Waals surface area contributed by atoms with Crippen LogP contribution in [0.4, 0.5) is 39.9 Å². The summed E-state index contributed by atoms with van der Waals surface area (Å²) >= 11 is -0.205. The predicted octanol–water partition coefficient (Wildman–Crippen LogP) is 9.05. The number of carbonyl (C=O) groups excluding carboxylic acids is 1. The van der Waals surface area contributed by atoms with Gasteiger partial charge in [0.25, 0.3) is 0 Å². The van der Waals surface area contributed by atoms with Crippen molar-refractivity contribution in [2.45, 2.75) is 54.4 Å². The van der Waals surface area contributed by atoms with E-state index in [-0.39, 0.29) is 35.8 Å². The number of carboxylic acid groups (broad SMARTS) is 2. The van der Waals surface area contributed by atoms with Gasteiger partial charge in [-0.3, -0.25) is 9.59 Å². The number of carbonyl (C=O) groups is 3. The van der Waals surface area contributed by atoms with Gasteiger partial charge in [-0.25, -0.2) is 39.9 Å². The van der Waals surface area contributed by atoms with Crippen LogP contribution in [0.15, 0.2) is 9.79 Å². The molecule has 0 fully saturated rings. The molecule has 9 nitrogen and oxygen atoms in total. The minimum atomic E-state index is -2.29. The van der Waals surface area contributed by atoms with Crippen LogP contribution in [0.5, 0.6) is 0 Å². The number of hydrogen-bond donors (Lipinski definition) is 4. The molecule has 3 aliphatic heterocycles. The van der Waals surface area contributed by atoms with Crippen LogP contribution in [0.1, 0.15) is 39.0 Å². The van der Waals surface area contributed by atoms with Crippen LogP contribution >= 0.6 is 42.4 Å². The Hall–Kier alpha value is -1.86. The monoisotopic (exact) mass is 945 g/mol. The number of aliphatic carboxylic acids is 1. The maximum absolute atomic E-state index is 14.6. The summed E-state index contributed by atoms with van der Waals surface area (Å²) in [6.45, 7) is 2.59. The minimum absolute atomic E-state index is 0. The van der Waals surface area contributed by atoms with Gasteiger partial charge in [-0.05, 0) is 6.42 Å². The number of hydrogen-bond acceptors (Lipinski definition) is 6. The van der Waals surface area contributed by atoms with Crippen molar-refractivity contribution >= 4 is 60.2 Å². The maximum atomic E-state index is 14.6. The number of carboxylic acids is 1. The number of ketones is 1. The molecule has 47 heavy (non-hydrogen) atoms. The van der Waals surface area contributed by atoms with Crippen LogP contribution in [0, 0.1) is 46.5 Å². The van der Waals surface area contributed by atoms with Gasteiger partial charge in [0, 0.05) is 36.4 Å². The molecule has 2 aromatic rings. The van der Waals surface area contributed by atoms with Crippen molar-refractivity contribution in [1.29, 1.82) is 0 Å². The first-order valence-corrected chi connectivity index (χ1v) is 19.9. The topological polar surface area (TPSA) is 197 Å². The number of benzene rings is 2. The molecule has 0 atom stereocenters. The van der Waals surface area contributed by atoms with E-state index in [9.17, 15) is 49.5 Å². The van der Waals surface area contributed by atoms with Gasteiger partial charge < -0.3 is 33.6 Å². The van der Waals surface area contributed by atoms with Gasteiger partial charge in [0.1, 0.15) is 5.78 Å². The van der Waals surface area contributed by atoms with Crippen LogP contribution in [0.2, 0.25) is 0 Å². The summed E-state index contributed by atoms with van der Waals surface area (Å²) in [5, 5.41) is 19.0. The third kappa shape index (κ3) is 13.2. The summed E-state index contributed by atoms with van der Waals surface area (Å²) in [6, 6.07) is 0. The van der Waals surface area contributed by atoms with Crippen molar-refractivity contribution in [1.82, 2.24) is 5.32 Å². The van der Waals surface area contributed by atoms with E-state index in [0.717, 1.165) is 12.8 Å². The third-order valence-corrected chi connectivity index (χ3v) is 8.41. The molecule has 3 heterocycles. The smallest absolute Gasteiger partial charge is 0.693 e.